The molecule has 2 heterocycles. The molecule has 0 unspecified atom stereocenters. The first kappa shape index (κ1) is 14.7. The minimum atomic E-state index is -0.947. The molecule has 0 atom stereocenters. The highest BCUT2D eigenvalue weighted by Gasteiger charge is 2.14. The summed E-state index contributed by atoms with van der Waals surface area (Å²) in [6, 6.07) is 6.88. The van der Waals surface area contributed by atoms with Crippen LogP contribution in [0.2, 0.25) is 0 Å². The van der Waals surface area contributed by atoms with Crippen LogP contribution in [0.4, 0.5) is 0 Å². The van der Waals surface area contributed by atoms with Gasteiger partial charge in [0.2, 0.25) is 0 Å². The van der Waals surface area contributed by atoms with Crippen LogP contribution < -0.4 is 0 Å². The summed E-state index contributed by atoms with van der Waals surface area (Å²) in [6.45, 7) is 4.31. The van der Waals surface area contributed by atoms with E-state index in [0.717, 1.165) is 44.8 Å². The highest BCUT2D eigenvalue weighted by atomic mass is 16.5. The van der Waals surface area contributed by atoms with Crippen LogP contribution in [0.25, 0.3) is 5.69 Å². The standard InChI is InChI=1S/C16H19N3O3/c20-16(21)14-4-1-2-5-15(14)19-12-13(10-17-19)11-18-6-3-8-22-9-7-18/h1-2,4-5,10,12H,3,6-9,11H2,(H,20,21). The van der Waals surface area contributed by atoms with Crippen LogP contribution in [0, 0.1) is 0 Å². The maximum atomic E-state index is 11.3. The zero-order chi connectivity index (χ0) is 15.4. The number of aromatic carboxylic acids is 1. The first-order valence-electron chi connectivity index (χ1n) is 7.40. The number of hydrogen-bond acceptors (Lipinski definition) is 4. The van der Waals surface area contributed by atoms with Gasteiger partial charge in [-0.1, -0.05) is 12.1 Å². The van der Waals surface area contributed by atoms with Gasteiger partial charge in [-0.05, 0) is 18.6 Å². The van der Waals surface area contributed by atoms with E-state index < -0.39 is 5.97 Å². The molecule has 116 valence electrons. The molecule has 0 saturated carbocycles. The van der Waals surface area contributed by atoms with Crippen LogP contribution in [0.5, 0.6) is 0 Å². The van der Waals surface area contributed by atoms with Gasteiger partial charge in [0.15, 0.2) is 0 Å². The Bertz CT molecular complexity index is 646. The van der Waals surface area contributed by atoms with Crippen molar-refractivity contribution in [2.24, 2.45) is 0 Å². The Hall–Kier alpha value is -2.18. The summed E-state index contributed by atoms with van der Waals surface area (Å²) in [5, 5.41) is 13.6. The normalized spacial score (nSPS) is 16.4. The van der Waals surface area contributed by atoms with Gasteiger partial charge < -0.3 is 9.84 Å². The van der Waals surface area contributed by atoms with Crippen molar-refractivity contribution < 1.29 is 14.6 Å². The van der Waals surface area contributed by atoms with Crippen LogP contribution >= 0.6 is 0 Å². The maximum absolute atomic E-state index is 11.3. The van der Waals surface area contributed by atoms with Gasteiger partial charge in [-0.3, -0.25) is 4.90 Å². The molecule has 0 radical (unpaired) electrons. The van der Waals surface area contributed by atoms with Crippen LogP contribution in [0.1, 0.15) is 22.3 Å². The fourth-order valence-corrected chi connectivity index (χ4v) is 2.64. The van der Waals surface area contributed by atoms with E-state index in [1.54, 1.807) is 29.1 Å². The minimum absolute atomic E-state index is 0.250. The lowest BCUT2D eigenvalue weighted by Gasteiger charge is -2.17. The SMILES string of the molecule is O=C(O)c1ccccc1-n1cc(CN2CCCOCC2)cn1. The van der Waals surface area contributed by atoms with Gasteiger partial charge in [0.25, 0.3) is 0 Å². The van der Waals surface area contributed by atoms with E-state index in [1.807, 2.05) is 12.3 Å². The van der Waals surface area contributed by atoms with Gasteiger partial charge in [-0.15, -0.1) is 0 Å². The van der Waals surface area contributed by atoms with Crippen LogP contribution in [0.3, 0.4) is 0 Å². The van der Waals surface area contributed by atoms with Gasteiger partial charge in [-0.25, -0.2) is 9.48 Å². The van der Waals surface area contributed by atoms with Crippen LogP contribution in [-0.2, 0) is 11.3 Å². The molecule has 1 fully saturated rings. The average molecular weight is 301 g/mol. The molecule has 6 heteroatoms. The molecular weight excluding hydrogens is 282 g/mol. The van der Waals surface area contributed by atoms with E-state index in [-0.39, 0.29) is 5.56 Å². The summed E-state index contributed by atoms with van der Waals surface area (Å²) in [7, 11) is 0. The fraction of sp³-hybridized carbons (Fsp3) is 0.375. The number of para-hydroxylation sites is 1. The Morgan fingerprint density at radius 2 is 2.14 bits per heavy atom. The Morgan fingerprint density at radius 1 is 1.27 bits per heavy atom. The molecule has 3 rings (SSSR count). The third-order valence-corrected chi connectivity index (χ3v) is 3.74. The zero-order valence-electron chi connectivity index (χ0n) is 12.3. The van der Waals surface area contributed by atoms with Gasteiger partial charge in [0.05, 0.1) is 24.1 Å². The Balaban J connectivity index is 1.77. The number of aromatic nitrogens is 2. The molecule has 1 N–H and O–H groups in total. The van der Waals surface area contributed by atoms with E-state index in [1.165, 1.54) is 0 Å². The molecule has 0 aliphatic carbocycles. The van der Waals surface area contributed by atoms with Gasteiger partial charge in [0, 0.05) is 38.0 Å². The molecule has 1 aromatic carbocycles. The fourth-order valence-electron chi connectivity index (χ4n) is 2.64. The Labute approximate surface area is 128 Å². The van der Waals surface area contributed by atoms with E-state index in [4.69, 9.17) is 4.74 Å². The lowest BCUT2D eigenvalue weighted by Crippen LogP contribution is -2.25. The number of ether oxygens (including phenoxy) is 1. The summed E-state index contributed by atoms with van der Waals surface area (Å²) in [4.78, 5) is 13.6. The third kappa shape index (κ3) is 3.35. The number of benzene rings is 1. The van der Waals surface area contributed by atoms with Crippen molar-refractivity contribution in [3.63, 3.8) is 0 Å². The van der Waals surface area contributed by atoms with Crippen molar-refractivity contribution in [1.82, 2.24) is 14.7 Å². The summed E-state index contributed by atoms with van der Waals surface area (Å²) in [5.41, 5.74) is 1.91. The maximum Gasteiger partial charge on any atom is 0.337 e. The highest BCUT2D eigenvalue weighted by molar-refractivity contribution is 5.91. The first-order valence-corrected chi connectivity index (χ1v) is 7.40. The smallest absolute Gasteiger partial charge is 0.337 e. The summed E-state index contributed by atoms with van der Waals surface area (Å²) >= 11 is 0. The second-order valence-corrected chi connectivity index (χ2v) is 5.36. The van der Waals surface area contributed by atoms with Gasteiger partial charge in [-0.2, -0.15) is 5.10 Å². The van der Waals surface area contributed by atoms with Crippen molar-refractivity contribution >= 4 is 5.97 Å². The number of rotatable bonds is 4. The summed E-state index contributed by atoms with van der Waals surface area (Å²) in [6.07, 6.45) is 4.73. The molecule has 1 aliphatic rings. The van der Waals surface area contributed by atoms with Crippen molar-refractivity contribution in [3.8, 4) is 5.69 Å². The largest absolute Gasteiger partial charge is 0.478 e. The van der Waals surface area contributed by atoms with Crippen LogP contribution in [0.15, 0.2) is 36.7 Å². The van der Waals surface area contributed by atoms with Crippen molar-refractivity contribution in [2.75, 3.05) is 26.3 Å². The van der Waals surface area contributed by atoms with E-state index in [2.05, 4.69) is 10.00 Å². The molecule has 2 aromatic rings. The highest BCUT2D eigenvalue weighted by Crippen LogP contribution is 2.15. The van der Waals surface area contributed by atoms with E-state index in [9.17, 15) is 9.90 Å². The molecule has 6 nitrogen and oxygen atoms in total. The predicted octanol–water partition coefficient (Wildman–Crippen LogP) is 1.79. The molecule has 0 spiro atoms. The number of carbonyl (C=O) groups is 1. The molecule has 1 saturated heterocycles. The quantitative estimate of drug-likeness (QED) is 0.932. The van der Waals surface area contributed by atoms with Crippen LogP contribution in [-0.4, -0.2) is 52.1 Å². The zero-order valence-corrected chi connectivity index (χ0v) is 12.3. The predicted molar refractivity (Wildman–Crippen MR) is 81.2 cm³/mol. The minimum Gasteiger partial charge on any atom is -0.478 e. The van der Waals surface area contributed by atoms with Crippen molar-refractivity contribution in [1.29, 1.82) is 0 Å². The van der Waals surface area contributed by atoms with Crippen molar-refractivity contribution in [2.45, 2.75) is 13.0 Å². The molecule has 1 aliphatic heterocycles. The van der Waals surface area contributed by atoms with Gasteiger partial charge in [0.1, 0.15) is 0 Å². The molecular formula is C16H19N3O3. The number of carboxylic acid groups (broad SMARTS) is 1. The summed E-state index contributed by atoms with van der Waals surface area (Å²) in [5.74, 6) is -0.947. The number of nitrogens with zero attached hydrogens (tertiary/aromatic N) is 3. The molecule has 0 amide bonds. The number of hydrogen-bond donors (Lipinski definition) is 1. The van der Waals surface area contributed by atoms with Crippen molar-refractivity contribution in [3.05, 3.63) is 47.8 Å². The lowest BCUT2D eigenvalue weighted by molar-refractivity contribution is 0.0696. The first-order chi connectivity index (χ1) is 10.7. The number of carboxylic acids is 1. The van der Waals surface area contributed by atoms with E-state index in [0.29, 0.717) is 5.69 Å². The third-order valence-electron chi connectivity index (χ3n) is 3.74. The Morgan fingerprint density at radius 3 is 3.00 bits per heavy atom. The second-order valence-electron chi connectivity index (χ2n) is 5.36. The summed E-state index contributed by atoms with van der Waals surface area (Å²) < 4.78 is 7.08. The monoisotopic (exact) mass is 301 g/mol. The average Bonchev–Trinajstić information content (AvgIpc) is 2.83. The molecule has 1 aromatic heterocycles. The lowest BCUT2D eigenvalue weighted by atomic mass is 10.2. The topological polar surface area (TPSA) is 67.6 Å². The molecule has 22 heavy (non-hydrogen) atoms. The Kier molecular flexibility index (Phi) is 4.50. The van der Waals surface area contributed by atoms with E-state index >= 15 is 0 Å². The molecule has 0 bridgehead atoms. The van der Waals surface area contributed by atoms with Gasteiger partial charge >= 0.3 is 5.97 Å². The second kappa shape index (κ2) is 6.72.